The molecular weight excluding hydrogens is 316 g/mol. The van der Waals surface area contributed by atoms with Gasteiger partial charge in [0.2, 0.25) is 5.91 Å². The number of imide groups is 1. The Bertz CT molecular complexity index is 696. The highest BCUT2D eigenvalue weighted by Crippen LogP contribution is 2.24. The molecule has 1 N–H and O–H groups in total. The lowest BCUT2D eigenvalue weighted by atomic mass is 10.1. The fourth-order valence-electron chi connectivity index (χ4n) is 3.09. The minimum Gasteiger partial charge on any atom is -0.480 e. The molecule has 24 heavy (non-hydrogen) atoms. The van der Waals surface area contributed by atoms with Crippen molar-refractivity contribution in [3.8, 4) is 0 Å². The van der Waals surface area contributed by atoms with Crippen molar-refractivity contribution >= 4 is 23.7 Å². The van der Waals surface area contributed by atoms with E-state index in [1.807, 2.05) is 0 Å². The molecule has 0 bridgehead atoms. The number of benzene rings is 1. The second-order valence-electron chi connectivity index (χ2n) is 5.74. The molecule has 126 valence electrons. The molecule has 2 aliphatic heterocycles. The fourth-order valence-corrected chi connectivity index (χ4v) is 3.09. The standard InChI is InChI=1S/C16H16N2O6/c1-24-9-6-12(16(22)23)17(7-9)13(19)8-18-14(20)10-4-2-3-5-11(10)15(18)21/h2-5,9,12H,6-8H2,1H3,(H,22,23). The van der Waals surface area contributed by atoms with Crippen LogP contribution in [0.3, 0.4) is 0 Å². The number of likely N-dealkylation sites (tertiary alicyclic amines) is 1. The molecule has 0 aliphatic carbocycles. The Hall–Kier alpha value is -2.74. The van der Waals surface area contributed by atoms with Gasteiger partial charge in [0.1, 0.15) is 12.6 Å². The van der Waals surface area contributed by atoms with E-state index < -0.39 is 36.3 Å². The van der Waals surface area contributed by atoms with Crippen LogP contribution < -0.4 is 0 Å². The Kier molecular flexibility index (Phi) is 4.06. The van der Waals surface area contributed by atoms with Crippen LogP contribution in [0.2, 0.25) is 0 Å². The molecule has 1 saturated heterocycles. The topological polar surface area (TPSA) is 104 Å². The van der Waals surface area contributed by atoms with E-state index in [4.69, 9.17) is 4.74 Å². The first-order valence-electron chi connectivity index (χ1n) is 7.44. The number of carbonyl (C=O) groups excluding carboxylic acids is 3. The molecule has 8 nitrogen and oxygen atoms in total. The van der Waals surface area contributed by atoms with Gasteiger partial charge >= 0.3 is 5.97 Å². The van der Waals surface area contributed by atoms with E-state index in [2.05, 4.69) is 0 Å². The van der Waals surface area contributed by atoms with Crippen LogP contribution in [0.4, 0.5) is 0 Å². The van der Waals surface area contributed by atoms with Crippen molar-refractivity contribution in [3.63, 3.8) is 0 Å². The molecule has 3 amide bonds. The van der Waals surface area contributed by atoms with Crippen LogP contribution in [0.5, 0.6) is 0 Å². The number of carbonyl (C=O) groups is 4. The number of amides is 3. The Morgan fingerprint density at radius 1 is 1.21 bits per heavy atom. The van der Waals surface area contributed by atoms with Crippen LogP contribution in [-0.2, 0) is 14.3 Å². The maximum atomic E-state index is 12.5. The average Bonchev–Trinajstić information content (AvgIpc) is 3.11. The first kappa shape index (κ1) is 16.1. The predicted molar refractivity (Wildman–Crippen MR) is 80.4 cm³/mol. The quantitative estimate of drug-likeness (QED) is 0.777. The number of carboxylic acid groups (broad SMARTS) is 1. The number of fused-ring (bicyclic) bond motifs is 1. The first-order valence-corrected chi connectivity index (χ1v) is 7.44. The second kappa shape index (κ2) is 6.04. The van der Waals surface area contributed by atoms with E-state index in [9.17, 15) is 24.3 Å². The van der Waals surface area contributed by atoms with Gasteiger partial charge in [-0.3, -0.25) is 19.3 Å². The largest absolute Gasteiger partial charge is 0.480 e. The van der Waals surface area contributed by atoms with Crippen molar-refractivity contribution in [1.82, 2.24) is 9.80 Å². The lowest BCUT2D eigenvalue weighted by Crippen LogP contribution is -2.47. The van der Waals surface area contributed by atoms with Crippen LogP contribution in [0.15, 0.2) is 24.3 Å². The molecule has 8 heteroatoms. The smallest absolute Gasteiger partial charge is 0.326 e. The van der Waals surface area contributed by atoms with Crippen molar-refractivity contribution in [2.24, 2.45) is 0 Å². The van der Waals surface area contributed by atoms with Gasteiger partial charge in [-0.2, -0.15) is 0 Å². The van der Waals surface area contributed by atoms with E-state index in [-0.39, 0.29) is 30.2 Å². The van der Waals surface area contributed by atoms with Crippen LogP contribution in [0.1, 0.15) is 27.1 Å². The van der Waals surface area contributed by atoms with Gasteiger partial charge in [-0.15, -0.1) is 0 Å². The molecule has 1 aromatic rings. The molecule has 3 rings (SSSR count). The summed E-state index contributed by atoms with van der Waals surface area (Å²) in [5.41, 5.74) is 0.502. The number of aliphatic carboxylic acids is 1. The zero-order chi connectivity index (χ0) is 17.4. The van der Waals surface area contributed by atoms with E-state index in [1.165, 1.54) is 19.2 Å². The van der Waals surface area contributed by atoms with E-state index in [0.717, 1.165) is 9.80 Å². The lowest BCUT2D eigenvalue weighted by molar-refractivity contribution is -0.148. The van der Waals surface area contributed by atoms with Gasteiger partial charge in [-0.25, -0.2) is 4.79 Å². The summed E-state index contributed by atoms with van der Waals surface area (Å²) in [4.78, 5) is 50.4. The van der Waals surface area contributed by atoms with E-state index in [1.54, 1.807) is 12.1 Å². The highest BCUT2D eigenvalue weighted by molar-refractivity contribution is 6.22. The van der Waals surface area contributed by atoms with E-state index in [0.29, 0.717) is 0 Å². The number of methoxy groups -OCH3 is 1. The van der Waals surface area contributed by atoms with Gasteiger partial charge in [0, 0.05) is 20.1 Å². The third-order valence-corrected chi connectivity index (χ3v) is 4.37. The third-order valence-electron chi connectivity index (χ3n) is 4.37. The number of rotatable bonds is 4. The summed E-state index contributed by atoms with van der Waals surface area (Å²) in [6.45, 7) is -0.359. The number of ether oxygens (including phenoxy) is 1. The van der Waals surface area contributed by atoms with Gasteiger partial charge in [0.25, 0.3) is 11.8 Å². The van der Waals surface area contributed by atoms with Gasteiger partial charge < -0.3 is 14.7 Å². The summed E-state index contributed by atoms with van der Waals surface area (Å²) < 4.78 is 5.13. The van der Waals surface area contributed by atoms with Gasteiger partial charge in [-0.1, -0.05) is 12.1 Å². The summed E-state index contributed by atoms with van der Waals surface area (Å²) in [6, 6.07) is 5.31. The monoisotopic (exact) mass is 332 g/mol. The summed E-state index contributed by atoms with van der Waals surface area (Å²) in [6.07, 6.45) is -0.197. The van der Waals surface area contributed by atoms with Crippen molar-refractivity contribution < 1.29 is 29.0 Å². The van der Waals surface area contributed by atoms with E-state index >= 15 is 0 Å². The summed E-state index contributed by atoms with van der Waals surface area (Å²) in [5.74, 6) is -2.81. The minimum atomic E-state index is -1.13. The SMILES string of the molecule is COC1CC(C(=O)O)N(C(=O)CN2C(=O)c3ccccc3C2=O)C1. The lowest BCUT2D eigenvalue weighted by Gasteiger charge is -2.23. The van der Waals surface area contributed by atoms with Crippen LogP contribution in [-0.4, -0.2) is 70.9 Å². The number of hydrogen-bond donors (Lipinski definition) is 1. The Labute approximate surface area is 137 Å². The number of hydrogen-bond acceptors (Lipinski definition) is 5. The molecule has 0 radical (unpaired) electrons. The zero-order valence-corrected chi connectivity index (χ0v) is 13.0. The summed E-state index contributed by atoms with van der Waals surface area (Å²) in [5, 5.41) is 9.26. The summed E-state index contributed by atoms with van der Waals surface area (Å²) in [7, 11) is 1.45. The van der Waals surface area contributed by atoms with Crippen LogP contribution in [0, 0.1) is 0 Å². The van der Waals surface area contributed by atoms with Crippen molar-refractivity contribution in [2.45, 2.75) is 18.6 Å². The molecule has 1 fully saturated rings. The fraction of sp³-hybridized carbons (Fsp3) is 0.375. The van der Waals surface area contributed by atoms with Crippen LogP contribution >= 0.6 is 0 Å². The van der Waals surface area contributed by atoms with Gasteiger partial charge in [0.05, 0.1) is 17.2 Å². The summed E-state index contributed by atoms with van der Waals surface area (Å²) >= 11 is 0. The molecule has 2 unspecified atom stereocenters. The molecule has 2 atom stereocenters. The Morgan fingerprint density at radius 2 is 1.79 bits per heavy atom. The van der Waals surface area contributed by atoms with Crippen molar-refractivity contribution in [3.05, 3.63) is 35.4 Å². The number of nitrogens with zero attached hydrogens (tertiary/aromatic N) is 2. The molecule has 0 spiro atoms. The first-order chi connectivity index (χ1) is 11.4. The number of carboxylic acids is 1. The molecule has 0 aromatic heterocycles. The highest BCUT2D eigenvalue weighted by atomic mass is 16.5. The molecule has 1 aromatic carbocycles. The van der Waals surface area contributed by atoms with Crippen LogP contribution in [0.25, 0.3) is 0 Å². The normalized spacial score (nSPS) is 22.9. The molecule has 2 heterocycles. The van der Waals surface area contributed by atoms with Gasteiger partial charge in [0.15, 0.2) is 0 Å². The molecule has 0 saturated carbocycles. The minimum absolute atomic E-state index is 0.121. The maximum absolute atomic E-state index is 12.5. The molecule has 2 aliphatic rings. The third kappa shape index (κ3) is 2.54. The van der Waals surface area contributed by atoms with Crippen molar-refractivity contribution in [1.29, 1.82) is 0 Å². The maximum Gasteiger partial charge on any atom is 0.326 e. The Balaban J connectivity index is 1.77. The zero-order valence-electron chi connectivity index (χ0n) is 13.0. The highest BCUT2D eigenvalue weighted by Gasteiger charge is 2.42. The predicted octanol–water partition coefficient (Wildman–Crippen LogP) is -0.0169. The Morgan fingerprint density at radius 3 is 2.29 bits per heavy atom. The average molecular weight is 332 g/mol. The van der Waals surface area contributed by atoms with Crippen molar-refractivity contribution in [2.75, 3.05) is 20.2 Å². The second-order valence-corrected chi connectivity index (χ2v) is 5.74. The van der Waals surface area contributed by atoms with Gasteiger partial charge in [-0.05, 0) is 12.1 Å². The molecular formula is C16H16N2O6.